The summed E-state index contributed by atoms with van der Waals surface area (Å²) in [5.41, 5.74) is 1.44. The first-order valence-corrected chi connectivity index (χ1v) is 9.06. The van der Waals surface area contributed by atoms with Crippen LogP contribution in [-0.4, -0.2) is 29.3 Å². The zero-order valence-electron chi connectivity index (χ0n) is 15.6. The van der Waals surface area contributed by atoms with Crippen molar-refractivity contribution >= 4 is 12.0 Å². The average Bonchev–Trinajstić information content (AvgIpc) is 3.23. The van der Waals surface area contributed by atoms with Gasteiger partial charge in [0, 0.05) is 11.6 Å². The molecule has 0 radical (unpaired) electrons. The Labute approximate surface area is 166 Å². The lowest BCUT2D eigenvalue weighted by molar-refractivity contribution is -0.117. The van der Waals surface area contributed by atoms with Gasteiger partial charge in [-0.3, -0.25) is 4.79 Å². The van der Waals surface area contributed by atoms with Gasteiger partial charge in [-0.05, 0) is 55.0 Å². The molecule has 0 spiro atoms. The molecule has 1 amide bonds. The minimum atomic E-state index is -0.492. The molecule has 7 nitrogen and oxygen atoms in total. The van der Waals surface area contributed by atoms with E-state index in [1.807, 2.05) is 18.2 Å². The summed E-state index contributed by atoms with van der Waals surface area (Å²) in [7, 11) is 0. The Kier molecular flexibility index (Phi) is 5.24. The van der Waals surface area contributed by atoms with E-state index >= 15 is 0 Å². The van der Waals surface area contributed by atoms with Crippen molar-refractivity contribution in [3.8, 4) is 22.9 Å². The molecule has 0 saturated carbocycles. The molecular formula is C21H18FN3O4. The van der Waals surface area contributed by atoms with Crippen LogP contribution in [-0.2, 0) is 4.79 Å². The number of nitrogens with one attached hydrogen (secondary N) is 1. The van der Waals surface area contributed by atoms with Crippen molar-refractivity contribution in [1.29, 1.82) is 0 Å². The number of amides is 1. The van der Waals surface area contributed by atoms with Gasteiger partial charge in [-0.15, -0.1) is 0 Å². The molecule has 4 rings (SSSR count). The van der Waals surface area contributed by atoms with Crippen LogP contribution in [0, 0.1) is 5.82 Å². The molecule has 1 aliphatic rings. The van der Waals surface area contributed by atoms with Gasteiger partial charge in [-0.1, -0.05) is 11.2 Å². The third-order valence-corrected chi connectivity index (χ3v) is 4.27. The summed E-state index contributed by atoms with van der Waals surface area (Å²) in [5, 5.41) is 6.64. The summed E-state index contributed by atoms with van der Waals surface area (Å²) >= 11 is 0. The third kappa shape index (κ3) is 4.43. The molecule has 1 unspecified atom stereocenters. The van der Waals surface area contributed by atoms with Crippen LogP contribution < -0.4 is 14.8 Å². The van der Waals surface area contributed by atoms with Crippen LogP contribution >= 0.6 is 0 Å². The van der Waals surface area contributed by atoms with Gasteiger partial charge in [-0.25, -0.2) is 4.39 Å². The molecule has 148 valence electrons. The van der Waals surface area contributed by atoms with E-state index in [1.54, 1.807) is 25.1 Å². The van der Waals surface area contributed by atoms with Gasteiger partial charge in [0.05, 0.1) is 0 Å². The number of ether oxygens (including phenoxy) is 2. The van der Waals surface area contributed by atoms with Crippen LogP contribution in [0.3, 0.4) is 0 Å². The Balaban J connectivity index is 1.38. The highest BCUT2D eigenvalue weighted by Crippen LogP contribution is 2.31. The highest BCUT2D eigenvalue weighted by molar-refractivity contribution is 5.92. The number of hydrogen-bond donors (Lipinski definition) is 1. The zero-order chi connectivity index (χ0) is 20.2. The summed E-state index contributed by atoms with van der Waals surface area (Å²) in [6.07, 6.45) is 3.09. The standard InChI is InChI=1S/C21H18FN3O4/c1-13(21-24-20(25-29-21)15-4-6-16(22)7-5-15)23-19(26)9-3-14-2-8-17-18(12-14)28-11-10-27-17/h2-9,12-13H,10-11H2,1H3,(H,23,26)/b9-3+. The monoisotopic (exact) mass is 395 g/mol. The van der Waals surface area contributed by atoms with E-state index in [-0.39, 0.29) is 17.6 Å². The quantitative estimate of drug-likeness (QED) is 0.665. The Bertz CT molecular complexity index is 1050. The van der Waals surface area contributed by atoms with Crippen molar-refractivity contribution < 1.29 is 23.2 Å². The van der Waals surface area contributed by atoms with Crippen molar-refractivity contribution in [2.75, 3.05) is 13.2 Å². The first-order valence-electron chi connectivity index (χ1n) is 9.06. The van der Waals surface area contributed by atoms with Crippen LogP contribution in [0.2, 0.25) is 0 Å². The first kappa shape index (κ1) is 18.7. The average molecular weight is 395 g/mol. The summed E-state index contributed by atoms with van der Waals surface area (Å²) in [5.74, 6) is 1.28. The zero-order valence-corrected chi connectivity index (χ0v) is 15.6. The Hall–Kier alpha value is -3.68. The van der Waals surface area contributed by atoms with Crippen molar-refractivity contribution in [2.24, 2.45) is 0 Å². The summed E-state index contributed by atoms with van der Waals surface area (Å²) < 4.78 is 29.2. The van der Waals surface area contributed by atoms with Gasteiger partial charge in [0.2, 0.25) is 17.6 Å². The maximum Gasteiger partial charge on any atom is 0.249 e. The fourth-order valence-electron chi connectivity index (χ4n) is 2.79. The lowest BCUT2D eigenvalue weighted by Gasteiger charge is -2.18. The topological polar surface area (TPSA) is 86.5 Å². The number of fused-ring (bicyclic) bond motifs is 1. The Morgan fingerprint density at radius 1 is 1.14 bits per heavy atom. The second-order valence-corrected chi connectivity index (χ2v) is 6.43. The number of rotatable bonds is 5. The predicted molar refractivity (Wildman–Crippen MR) is 103 cm³/mol. The fraction of sp³-hybridized carbons (Fsp3) is 0.190. The maximum absolute atomic E-state index is 13.0. The molecule has 1 atom stereocenters. The van der Waals surface area contributed by atoms with Crippen molar-refractivity contribution in [1.82, 2.24) is 15.5 Å². The number of halogens is 1. The molecule has 0 fully saturated rings. The van der Waals surface area contributed by atoms with E-state index in [0.717, 1.165) is 5.56 Å². The molecule has 3 aromatic rings. The number of aromatic nitrogens is 2. The van der Waals surface area contributed by atoms with Crippen molar-refractivity contribution in [2.45, 2.75) is 13.0 Å². The number of benzene rings is 2. The number of carbonyl (C=O) groups is 1. The Morgan fingerprint density at radius 3 is 2.69 bits per heavy atom. The molecule has 0 saturated heterocycles. The molecule has 8 heteroatoms. The number of hydrogen-bond acceptors (Lipinski definition) is 6. The van der Waals surface area contributed by atoms with Gasteiger partial charge in [0.15, 0.2) is 11.5 Å². The lowest BCUT2D eigenvalue weighted by Crippen LogP contribution is -2.24. The first-order chi connectivity index (χ1) is 14.1. The molecule has 0 aliphatic carbocycles. The predicted octanol–water partition coefficient (Wildman–Crippen LogP) is 3.54. The van der Waals surface area contributed by atoms with Crippen LogP contribution in [0.15, 0.2) is 53.1 Å². The largest absolute Gasteiger partial charge is 0.486 e. The van der Waals surface area contributed by atoms with Gasteiger partial charge in [-0.2, -0.15) is 4.98 Å². The van der Waals surface area contributed by atoms with Crippen molar-refractivity contribution in [3.05, 3.63) is 65.8 Å². The second-order valence-electron chi connectivity index (χ2n) is 6.43. The molecule has 2 heterocycles. The van der Waals surface area contributed by atoms with Gasteiger partial charge < -0.3 is 19.3 Å². The lowest BCUT2D eigenvalue weighted by atomic mass is 10.1. The smallest absolute Gasteiger partial charge is 0.249 e. The summed E-state index contributed by atoms with van der Waals surface area (Å²) in [6, 6.07) is 10.7. The van der Waals surface area contributed by atoms with E-state index < -0.39 is 6.04 Å². The van der Waals surface area contributed by atoms with E-state index in [0.29, 0.717) is 36.1 Å². The normalized spacial score (nSPS) is 14.0. The van der Waals surface area contributed by atoms with E-state index in [9.17, 15) is 9.18 Å². The van der Waals surface area contributed by atoms with Crippen LogP contribution in [0.5, 0.6) is 11.5 Å². The maximum atomic E-state index is 13.0. The molecule has 1 N–H and O–H groups in total. The molecule has 2 aromatic carbocycles. The molecule has 1 aliphatic heterocycles. The van der Waals surface area contributed by atoms with E-state index in [1.165, 1.54) is 18.2 Å². The highest BCUT2D eigenvalue weighted by Gasteiger charge is 2.17. The van der Waals surface area contributed by atoms with Gasteiger partial charge in [0.1, 0.15) is 25.1 Å². The third-order valence-electron chi connectivity index (χ3n) is 4.27. The van der Waals surface area contributed by atoms with Crippen LogP contribution in [0.25, 0.3) is 17.5 Å². The van der Waals surface area contributed by atoms with Gasteiger partial charge >= 0.3 is 0 Å². The summed E-state index contributed by atoms with van der Waals surface area (Å²) in [4.78, 5) is 16.5. The van der Waals surface area contributed by atoms with Crippen LogP contribution in [0.1, 0.15) is 24.4 Å². The van der Waals surface area contributed by atoms with E-state index in [4.69, 9.17) is 14.0 Å². The highest BCUT2D eigenvalue weighted by atomic mass is 19.1. The molecule has 1 aromatic heterocycles. The SMILES string of the molecule is CC(NC(=O)/C=C/c1ccc2c(c1)OCCO2)c1nc(-c2ccc(F)cc2)no1. The van der Waals surface area contributed by atoms with Gasteiger partial charge in [0.25, 0.3) is 0 Å². The second kappa shape index (κ2) is 8.14. The minimum Gasteiger partial charge on any atom is -0.486 e. The molecular weight excluding hydrogens is 377 g/mol. The van der Waals surface area contributed by atoms with E-state index in [2.05, 4.69) is 15.5 Å². The molecule has 0 bridgehead atoms. The molecule has 29 heavy (non-hydrogen) atoms. The summed E-state index contributed by atoms with van der Waals surface area (Å²) in [6.45, 7) is 2.76. The van der Waals surface area contributed by atoms with Crippen LogP contribution in [0.4, 0.5) is 4.39 Å². The Morgan fingerprint density at radius 2 is 1.90 bits per heavy atom. The fourth-order valence-corrected chi connectivity index (χ4v) is 2.79. The number of nitrogens with zero attached hydrogens (tertiary/aromatic N) is 2. The van der Waals surface area contributed by atoms with Crippen molar-refractivity contribution in [3.63, 3.8) is 0 Å². The minimum absolute atomic E-state index is 0.255. The number of carbonyl (C=O) groups excluding carboxylic acids is 1.